The van der Waals surface area contributed by atoms with Crippen molar-refractivity contribution in [1.29, 1.82) is 0 Å². The highest BCUT2D eigenvalue weighted by atomic mass is 16.1. The summed E-state index contributed by atoms with van der Waals surface area (Å²) in [5.74, 6) is -0.473. The quantitative estimate of drug-likeness (QED) is 0.798. The monoisotopic (exact) mass is 248 g/mol. The fourth-order valence-corrected chi connectivity index (χ4v) is 1.88. The zero-order chi connectivity index (χ0) is 13.9. The number of nitrogens with two attached hydrogens (primary N) is 2. The summed E-state index contributed by atoms with van der Waals surface area (Å²) in [6, 6.07) is 6.59. The molecule has 0 unspecified atom stereocenters. The largest absolute Gasteiger partial charge is 0.398 e. The van der Waals surface area contributed by atoms with Crippen molar-refractivity contribution in [2.45, 2.75) is 20.8 Å². The molecule has 0 aliphatic rings. The van der Waals surface area contributed by atoms with Crippen molar-refractivity contribution >= 4 is 17.4 Å². The third-order valence-electron chi connectivity index (χ3n) is 2.73. The van der Waals surface area contributed by atoms with Crippen LogP contribution in [0, 0.1) is 5.92 Å². The van der Waals surface area contributed by atoms with Gasteiger partial charge in [0, 0.05) is 18.3 Å². The molecule has 4 heteroatoms. The predicted molar refractivity (Wildman–Crippen MR) is 73.7 cm³/mol. The number of benzene rings is 1. The fraction of sp³-hybridized carbons (Fsp3) is 0.286. The van der Waals surface area contributed by atoms with E-state index < -0.39 is 5.91 Å². The molecule has 0 fully saturated rings. The number of Topliss-reactive ketones (excluding diaryl/α,β-unsaturated/α-hetero) is 1. The summed E-state index contributed by atoms with van der Waals surface area (Å²) in [7, 11) is 0. The molecule has 0 aliphatic heterocycles. The molecular formula is C14H20N2O2. The van der Waals surface area contributed by atoms with E-state index in [1.54, 1.807) is 24.3 Å². The molecule has 0 bridgehead atoms. The summed E-state index contributed by atoms with van der Waals surface area (Å²) in [6.07, 6.45) is 0. The minimum Gasteiger partial charge on any atom is -0.398 e. The van der Waals surface area contributed by atoms with Crippen LogP contribution in [-0.4, -0.2) is 11.7 Å². The van der Waals surface area contributed by atoms with Crippen LogP contribution in [0.5, 0.6) is 0 Å². The van der Waals surface area contributed by atoms with Gasteiger partial charge in [-0.2, -0.15) is 0 Å². The van der Waals surface area contributed by atoms with Crippen LogP contribution in [0.15, 0.2) is 29.8 Å². The van der Waals surface area contributed by atoms with Gasteiger partial charge in [0.15, 0.2) is 5.78 Å². The van der Waals surface area contributed by atoms with Crippen molar-refractivity contribution < 1.29 is 11.0 Å². The molecule has 0 aliphatic carbocycles. The first-order valence-corrected chi connectivity index (χ1v) is 5.75. The Hall–Kier alpha value is -2.10. The third kappa shape index (κ3) is 2.97. The van der Waals surface area contributed by atoms with E-state index in [0.29, 0.717) is 16.8 Å². The molecule has 1 rings (SSSR count). The SMILES string of the molecule is CC(=O)/C(=C(\N)c1ccc(C(N)=O)cc1)C(C)C.[HH]. The van der Waals surface area contributed by atoms with E-state index >= 15 is 0 Å². The van der Waals surface area contributed by atoms with Crippen molar-refractivity contribution in [2.75, 3.05) is 0 Å². The van der Waals surface area contributed by atoms with Crippen molar-refractivity contribution in [3.8, 4) is 0 Å². The Bertz CT molecular complexity index is 505. The maximum Gasteiger partial charge on any atom is 0.248 e. The van der Waals surface area contributed by atoms with Gasteiger partial charge in [0.1, 0.15) is 0 Å². The second-order valence-corrected chi connectivity index (χ2v) is 4.48. The zero-order valence-corrected chi connectivity index (χ0v) is 10.9. The van der Waals surface area contributed by atoms with Gasteiger partial charge < -0.3 is 11.5 Å². The Balaban J connectivity index is 0.00000324. The highest BCUT2D eigenvalue weighted by Gasteiger charge is 2.14. The lowest BCUT2D eigenvalue weighted by Crippen LogP contribution is -2.13. The number of carbonyl (C=O) groups excluding carboxylic acids is 2. The molecule has 1 aromatic rings. The average Bonchev–Trinajstić information content (AvgIpc) is 2.28. The molecular weight excluding hydrogens is 228 g/mol. The molecule has 0 heterocycles. The molecule has 0 spiro atoms. The molecule has 98 valence electrons. The van der Waals surface area contributed by atoms with Gasteiger partial charge in [-0.25, -0.2) is 0 Å². The second kappa shape index (κ2) is 5.49. The Labute approximate surface area is 108 Å². The summed E-state index contributed by atoms with van der Waals surface area (Å²) in [5, 5.41) is 0. The first-order valence-electron chi connectivity index (χ1n) is 5.75. The normalized spacial score (nSPS) is 12.2. The van der Waals surface area contributed by atoms with Crippen molar-refractivity contribution in [3.63, 3.8) is 0 Å². The molecule has 0 saturated carbocycles. The molecule has 0 aromatic heterocycles. The number of amides is 1. The Kier molecular flexibility index (Phi) is 4.26. The fourth-order valence-electron chi connectivity index (χ4n) is 1.88. The van der Waals surface area contributed by atoms with Gasteiger partial charge in [0.25, 0.3) is 0 Å². The Morgan fingerprint density at radius 3 is 1.83 bits per heavy atom. The second-order valence-electron chi connectivity index (χ2n) is 4.48. The number of hydrogen-bond donors (Lipinski definition) is 2. The van der Waals surface area contributed by atoms with E-state index in [2.05, 4.69) is 0 Å². The standard InChI is InChI=1S/C14H18N2O2.H2/c1-8(2)12(9(3)17)13(15)10-4-6-11(7-5-10)14(16)18;/h4-8H,15H2,1-3H3,(H2,16,18);1H/b13-12-;. The molecule has 0 radical (unpaired) electrons. The maximum atomic E-state index is 11.6. The lowest BCUT2D eigenvalue weighted by Gasteiger charge is -2.13. The molecule has 1 amide bonds. The number of rotatable bonds is 4. The highest BCUT2D eigenvalue weighted by molar-refractivity contribution is 6.01. The maximum absolute atomic E-state index is 11.6. The minimum absolute atomic E-state index is 0. The number of hydrogen-bond acceptors (Lipinski definition) is 3. The zero-order valence-electron chi connectivity index (χ0n) is 10.9. The Morgan fingerprint density at radius 1 is 1.06 bits per heavy atom. The smallest absolute Gasteiger partial charge is 0.248 e. The van der Waals surface area contributed by atoms with Crippen LogP contribution < -0.4 is 11.5 Å². The van der Waals surface area contributed by atoms with E-state index in [-0.39, 0.29) is 13.1 Å². The molecule has 0 saturated heterocycles. The van der Waals surface area contributed by atoms with Crippen molar-refractivity contribution in [2.24, 2.45) is 17.4 Å². The molecule has 4 N–H and O–H groups in total. The number of primary amides is 1. The van der Waals surface area contributed by atoms with Crippen LogP contribution >= 0.6 is 0 Å². The third-order valence-corrected chi connectivity index (χ3v) is 2.73. The number of ketones is 1. The lowest BCUT2D eigenvalue weighted by atomic mass is 9.94. The average molecular weight is 248 g/mol. The van der Waals surface area contributed by atoms with Crippen LogP contribution in [0.2, 0.25) is 0 Å². The first-order chi connectivity index (χ1) is 8.34. The van der Waals surface area contributed by atoms with Gasteiger partial charge in [-0.3, -0.25) is 9.59 Å². The van der Waals surface area contributed by atoms with Crippen LogP contribution in [0.1, 0.15) is 38.1 Å². The van der Waals surface area contributed by atoms with E-state index in [0.717, 1.165) is 5.56 Å². The van der Waals surface area contributed by atoms with Gasteiger partial charge in [0.2, 0.25) is 5.91 Å². The molecule has 1 aromatic carbocycles. The Morgan fingerprint density at radius 2 is 1.50 bits per heavy atom. The summed E-state index contributed by atoms with van der Waals surface area (Å²) >= 11 is 0. The van der Waals surface area contributed by atoms with Crippen LogP contribution in [0.3, 0.4) is 0 Å². The highest BCUT2D eigenvalue weighted by Crippen LogP contribution is 2.21. The van der Waals surface area contributed by atoms with Crippen molar-refractivity contribution in [1.82, 2.24) is 0 Å². The number of allylic oxidation sites excluding steroid dienone is 1. The van der Waals surface area contributed by atoms with Gasteiger partial charge in [0.05, 0.1) is 0 Å². The van der Waals surface area contributed by atoms with Crippen LogP contribution in [-0.2, 0) is 4.79 Å². The minimum atomic E-state index is -0.486. The predicted octanol–water partition coefficient (Wildman–Crippen LogP) is 1.95. The summed E-state index contributed by atoms with van der Waals surface area (Å²) < 4.78 is 0. The lowest BCUT2D eigenvalue weighted by molar-refractivity contribution is -0.113. The van der Waals surface area contributed by atoms with E-state index in [1.165, 1.54) is 6.92 Å². The van der Waals surface area contributed by atoms with Gasteiger partial charge in [-0.05, 0) is 30.5 Å². The summed E-state index contributed by atoms with van der Waals surface area (Å²) in [6.45, 7) is 5.34. The van der Waals surface area contributed by atoms with E-state index in [1.807, 2.05) is 13.8 Å². The van der Waals surface area contributed by atoms with E-state index in [4.69, 9.17) is 11.5 Å². The van der Waals surface area contributed by atoms with Gasteiger partial charge in [-0.15, -0.1) is 0 Å². The number of carbonyl (C=O) groups is 2. The van der Waals surface area contributed by atoms with Crippen LogP contribution in [0.25, 0.3) is 5.70 Å². The molecule has 18 heavy (non-hydrogen) atoms. The van der Waals surface area contributed by atoms with Crippen molar-refractivity contribution in [3.05, 3.63) is 41.0 Å². The summed E-state index contributed by atoms with van der Waals surface area (Å²) in [5.41, 5.74) is 13.4. The molecule has 4 nitrogen and oxygen atoms in total. The summed E-state index contributed by atoms with van der Waals surface area (Å²) in [4.78, 5) is 22.5. The first kappa shape index (κ1) is 14.0. The van der Waals surface area contributed by atoms with Crippen LogP contribution in [0.4, 0.5) is 0 Å². The topological polar surface area (TPSA) is 86.2 Å². The van der Waals surface area contributed by atoms with Gasteiger partial charge in [-0.1, -0.05) is 26.0 Å². The molecule has 0 atom stereocenters. The van der Waals surface area contributed by atoms with Gasteiger partial charge >= 0.3 is 0 Å². The van der Waals surface area contributed by atoms with E-state index in [9.17, 15) is 9.59 Å².